The van der Waals surface area contributed by atoms with E-state index in [4.69, 9.17) is 23.2 Å². The molecule has 2 aromatic heterocycles. The average Bonchev–Trinajstić information content (AvgIpc) is 3.14. The molecule has 0 saturated heterocycles. The van der Waals surface area contributed by atoms with Crippen LogP contribution < -0.4 is 5.32 Å². The second-order valence-electron chi connectivity index (χ2n) is 5.92. The standard InChI is InChI=1S/C19H12Cl2N4O2S/c20-14-7-6-11(8-15(14)21)10-22-18-13-9-16(25(26)27)28-19(13)24-17(23-18)12-4-2-1-3-5-12/h1-9H,10H2,(H,22,23,24). The Bertz CT molecular complexity index is 1180. The lowest BCUT2D eigenvalue weighted by molar-refractivity contribution is -0.380. The maximum absolute atomic E-state index is 11.2. The Hall–Kier alpha value is -2.74. The lowest BCUT2D eigenvalue weighted by Crippen LogP contribution is -2.03. The van der Waals surface area contributed by atoms with E-state index < -0.39 is 4.92 Å². The molecular formula is C19H12Cl2N4O2S. The zero-order valence-electron chi connectivity index (χ0n) is 14.2. The third-order valence-electron chi connectivity index (χ3n) is 4.04. The summed E-state index contributed by atoms with van der Waals surface area (Å²) < 4.78 is 0. The van der Waals surface area contributed by atoms with Crippen LogP contribution in [0.5, 0.6) is 0 Å². The molecule has 4 rings (SSSR count). The van der Waals surface area contributed by atoms with Gasteiger partial charge in [-0.2, -0.15) is 0 Å². The van der Waals surface area contributed by atoms with Crippen LogP contribution in [0.15, 0.2) is 54.6 Å². The van der Waals surface area contributed by atoms with Gasteiger partial charge in [-0.25, -0.2) is 9.97 Å². The summed E-state index contributed by atoms with van der Waals surface area (Å²) in [7, 11) is 0. The molecule has 9 heteroatoms. The number of anilines is 1. The monoisotopic (exact) mass is 430 g/mol. The van der Waals surface area contributed by atoms with Crippen LogP contribution >= 0.6 is 34.5 Å². The van der Waals surface area contributed by atoms with E-state index in [1.165, 1.54) is 6.07 Å². The number of nitrogens with zero attached hydrogens (tertiary/aromatic N) is 3. The molecule has 0 radical (unpaired) electrons. The first kappa shape index (κ1) is 18.6. The van der Waals surface area contributed by atoms with Gasteiger partial charge in [-0.3, -0.25) is 10.1 Å². The van der Waals surface area contributed by atoms with Crippen LogP contribution in [-0.4, -0.2) is 14.9 Å². The molecule has 6 nitrogen and oxygen atoms in total. The van der Waals surface area contributed by atoms with E-state index in [1.807, 2.05) is 36.4 Å². The molecule has 140 valence electrons. The summed E-state index contributed by atoms with van der Waals surface area (Å²) >= 11 is 13.1. The first-order valence-electron chi connectivity index (χ1n) is 8.20. The van der Waals surface area contributed by atoms with Gasteiger partial charge in [0.05, 0.1) is 20.4 Å². The van der Waals surface area contributed by atoms with Crippen LogP contribution in [0, 0.1) is 10.1 Å². The summed E-state index contributed by atoms with van der Waals surface area (Å²) in [4.78, 5) is 20.5. The topological polar surface area (TPSA) is 81.0 Å². The smallest absolute Gasteiger partial charge is 0.326 e. The molecule has 0 aliphatic heterocycles. The van der Waals surface area contributed by atoms with E-state index in [9.17, 15) is 10.1 Å². The average molecular weight is 431 g/mol. The molecular weight excluding hydrogens is 419 g/mol. The van der Waals surface area contributed by atoms with Gasteiger partial charge in [0.15, 0.2) is 5.82 Å². The molecule has 0 spiro atoms. The van der Waals surface area contributed by atoms with Gasteiger partial charge < -0.3 is 5.32 Å². The summed E-state index contributed by atoms with van der Waals surface area (Å²) in [6.07, 6.45) is 0. The molecule has 0 atom stereocenters. The van der Waals surface area contributed by atoms with Crippen LogP contribution in [0.25, 0.3) is 21.6 Å². The molecule has 0 amide bonds. The Kier molecular flexibility index (Phi) is 5.13. The highest BCUT2D eigenvalue weighted by Crippen LogP contribution is 2.35. The highest BCUT2D eigenvalue weighted by molar-refractivity contribution is 7.21. The number of thiophene rings is 1. The van der Waals surface area contributed by atoms with Crippen molar-refractivity contribution in [2.24, 2.45) is 0 Å². The Morgan fingerprint density at radius 3 is 2.54 bits per heavy atom. The van der Waals surface area contributed by atoms with Gasteiger partial charge >= 0.3 is 5.00 Å². The number of hydrogen-bond donors (Lipinski definition) is 1. The molecule has 0 fully saturated rings. The molecule has 4 aromatic rings. The molecule has 2 aromatic carbocycles. The molecule has 28 heavy (non-hydrogen) atoms. The highest BCUT2D eigenvalue weighted by Gasteiger charge is 2.18. The molecule has 0 aliphatic rings. The summed E-state index contributed by atoms with van der Waals surface area (Å²) in [6.45, 7) is 0.431. The van der Waals surface area contributed by atoms with Gasteiger partial charge in [-0.15, -0.1) is 0 Å². The quantitative estimate of drug-likeness (QED) is 0.301. The van der Waals surface area contributed by atoms with Crippen LogP contribution in [0.1, 0.15) is 5.56 Å². The number of aromatic nitrogens is 2. The van der Waals surface area contributed by atoms with Crippen molar-refractivity contribution in [2.75, 3.05) is 5.32 Å². The van der Waals surface area contributed by atoms with Crippen molar-refractivity contribution in [3.63, 3.8) is 0 Å². The lowest BCUT2D eigenvalue weighted by Gasteiger charge is -2.09. The third-order valence-corrected chi connectivity index (χ3v) is 5.76. The van der Waals surface area contributed by atoms with Crippen LogP contribution in [0.3, 0.4) is 0 Å². The fourth-order valence-electron chi connectivity index (χ4n) is 2.69. The third kappa shape index (κ3) is 3.77. The number of rotatable bonds is 5. The maximum Gasteiger partial charge on any atom is 0.326 e. The van der Waals surface area contributed by atoms with Crippen molar-refractivity contribution in [2.45, 2.75) is 6.54 Å². The Morgan fingerprint density at radius 1 is 1.04 bits per heavy atom. The SMILES string of the molecule is O=[N+]([O-])c1cc2c(NCc3ccc(Cl)c(Cl)c3)nc(-c3ccccc3)nc2s1. The van der Waals surface area contributed by atoms with Crippen LogP contribution in [0.4, 0.5) is 10.8 Å². The molecule has 0 bridgehead atoms. The van der Waals surface area contributed by atoms with Crippen molar-refractivity contribution >= 4 is 55.6 Å². The number of fused-ring (bicyclic) bond motifs is 1. The van der Waals surface area contributed by atoms with Crippen LogP contribution in [0.2, 0.25) is 10.0 Å². The Labute approximate surface area is 173 Å². The summed E-state index contributed by atoms with van der Waals surface area (Å²) in [5, 5.41) is 16.0. The predicted octanol–water partition coefficient (Wildman–Crippen LogP) is 6.19. The van der Waals surface area contributed by atoms with Gasteiger partial charge in [-0.1, -0.05) is 59.6 Å². The summed E-state index contributed by atoms with van der Waals surface area (Å²) in [5.74, 6) is 1.03. The van der Waals surface area contributed by atoms with Gasteiger partial charge in [0.1, 0.15) is 10.6 Å². The largest absolute Gasteiger partial charge is 0.365 e. The number of nitro groups is 1. The number of nitrogens with one attached hydrogen (secondary N) is 1. The number of hydrogen-bond acceptors (Lipinski definition) is 6. The zero-order valence-corrected chi connectivity index (χ0v) is 16.6. The number of halogens is 2. The van der Waals surface area contributed by atoms with Gasteiger partial charge in [-0.05, 0) is 29.0 Å². The highest BCUT2D eigenvalue weighted by atomic mass is 35.5. The zero-order chi connectivity index (χ0) is 19.7. The van der Waals surface area contributed by atoms with Crippen molar-refractivity contribution in [3.05, 3.63) is 80.3 Å². The van der Waals surface area contributed by atoms with Crippen molar-refractivity contribution in [3.8, 4) is 11.4 Å². The minimum Gasteiger partial charge on any atom is -0.365 e. The summed E-state index contributed by atoms with van der Waals surface area (Å²) in [6, 6.07) is 16.3. The van der Waals surface area contributed by atoms with E-state index >= 15 is 0 Å². The first-order valence-corrected chi connectivity index (χ1v) is 9.77. The fraction of sp³-hybridized carbons (Fsp3) is 0.0526. The van der Waals surface area contributed by atoms with E-state index in [1.54, 1.807) is 12.1 Å². The van der Waals surface area contributed by atoms with Crippen molar-refractivity contribution < 1.29 is 4.92 Å². The Morgan fingerprint density at radius 2 is 1.82 bits per heavy atom. The maximum atomic E-state index is 11.2. The number of benzene rings is 2. The lowest BCUT2D eigenvalue weighted by atomic mass is 10.2. The molecule has 0 saturated carbocycles. The second kappa shape index (κ2) is 7.71. The fourth-order valence-corrected chi connectivity index (χ4v) is 3.85. The first-order chi connectivity index (χ1) is 13.5. The van der Waals surface area contributed by atoms with E-state index in [2.05, 4.69) is 15.3 Å². The van der Waals surface area contributed by atoms with E-state index in [0.717, 1.165) is 22.5 Å². The van der Waals surface area contributed by atoms with Gasteiger partial charge in [0.2, 0.25) is 0 Å². The minimum absolute atomic E-state index is 0.0205. The van der Waals surface area contributed by atoms with Gasteiger partial charge in [0.25, 0.3) is 0 Å². The van der Waals surface area contributed by atoms with E-state index in [0.29, 0.717) is 38.4 Å². The predicted molar refractivity (Wildman–Crippen MR) is 113 cm³/mol. The van der Waals surface area contributed by atoms with Gasteiger partial charge in [0, 0.05) is 18.2 Å². The van der Waals surface area contributed by atoms with E-state index in [-0.39, 0.29) is 5.00 Å². The minimum atomic E-state index is -0.419. The normalized spacial score (nSPS) is 10.9. The summed E-state index contributed by atoms with van der Waals surface area (Å²) in [5.41, 5.74) is 1.74. The van der Waals surface area contributed by atoms with Crippen molar-refractivity contribution in [1.82, 2.24) is 9.97 Å². The molecule has 2 heterocycles. The van der Waals surface area contributed by atoms with Crippen molar-refractivity contribution in [1.29, 1.82) is 0 Å². The Balaban J connectivity index is 1.75. The molecule has 1 N–H and O–H groups in total. The molecule has 0 unspecified atom stereocenters. The van der Waals surface area contributed by atoms with Crippen LogP contribution in [-0.2, 0) is 6.54 Å². The second-order valence-corrected chi connectivity index (χ2v) is 7.75. The molecule has 0 aliphatic carbocycles.